The predicted octanol–water partition coefficient (Wildman–Crippen LogP) is 3.52. The molecule has 1 N–H and O–H groups in total. The number of nitrogens with zero attached hydrogens (tertiary/aromatic N) is 1. The Kier molecular flexibility index (Phi) is 5.06. The van der Waals surface area contributed by atoms with Gasteiger partial charge in [-0.25, -0.2) is 0 Å². The van der Waals surface area contributed by atoms with Crippen molar-refractivity contribution in [3.05, 3.63) is 28.8 Å². The van der Waals surface area contributed by atoms with Crippen molar-refractivity contribution < 1.29 is 14.3 Å². The van der Waals surface area contributed by atoms with Crippen LogP contribution in [0.1, 0.15) is 37.7 Å². The molecule has 0 saturated heterocycles. The van der Waals surface area contributed by atoms with Crippen LogP contribution in [0, 0.1) is 29.1 Å². The molecular weight excluding hydrogens is 328 g/mol. The molecule has 1 amide bonds. The molecule has 6 heteroatoms. The van der Waals surface area contributed by atoms with Crippen LogP contribution in [0.2, 0.25) is 5.02 Å². The lowest BCUT2D eigenvalue weighted by atomic mass is 9.86. The number of esters is 1. The molecule has 0 radical (unpaired) electrons. The minimum absolute atomic E-state index is 0.267. The van der Waals surface area contributed by atoms with Crippen molar-refractivity contribution in [1.82, 2.24) is 0 Å². The van der Waals surface area contributed by atoms with E-state index in [0.717, 1.165) is 12.3 Å². The molecule has 2 saturated carbocycles. The van der Waals surface area contributed by atoms with E-state index in [1.54, 1.807) is 6.07 Å². The zero-order valence-electron chi connectivity index (χ0n) is 13.3. The molecule has 0 aromatic heterocycles. The summed E-state index contributed by atoms with van der Waals surface area (Å²) in [6, 6.07) is 6.55. The van der Waals surface area contributed by atoms with Crippen LogP contribution in [0.15, 0.2) is 18.2 Å². The molecule has 0 spiro atoms. The van der Waals surface area contributed by atoms with Gasteiger partial charge >= 0.3 is 5.97 Å². The van der Waals surface area contributed by atoms with Crippen LogP contribution in [0.25, 0.3) is 0 Å². The number of halogens is 1. The number of hydrogen-bond donors (Lipinski definition) is 1. The molecular formula is C18H19ClN2O3. The van der Waals surface area contributed by atoms with E-state index in [1.807, 2.05) is 6.07 Å². The molecule has 3 atom stereocenters. The van der Waals surface area contributed by atoms with Gasteiger partial charge in [0.05, 0.1) is 10.6 Å². The van der Waals surface area contributed by atoms with Crippen molar-refractivity contribution in [3.8, 4) is 6.07 Å². The van der Waals surface area contributed by atoms with Gasteiger partial charge in [0.15, 0.2) is 6.61 Å². The Balaban J connectivity index is 1.43. The van der Waals surface area contributed by atoms with E-state index in [9.17, 15) is 9.59 Å². The van der Waals surface area contributed by atoms with E-state index in [0.29, 0.717) is 29.5 Å². The van der Waals surface area contributed by atoms with Crippen molar-refractivity contribution in [2.75, 3.05) is 11.9 Å². The molecule has 2 bridgehead atoms. The monoisotopic (exact) mass is 346 g/mol. The summed E-state index contributed by atoms with van der Waals surface area (Å²) in [6.45, 7) is -0.308. The Morgan fingerprint density at radius 3 is 2.79 bits per heavy atom. The molecule has 3 rings (SSSR count). The molecule has 1 aromatic carbocycles. The first-order chi connectivity index (χ1) is 11.5. The normalized spacial score (nSPS) is 24.4. The lowest BCUT2D eigenvalue weighted by molar-refractivity contribution is -0.148. The van der Waals surface area contributed by atoms with Gasteiger partial charge in [0.2, 0.25) is 0 Å². The van der Waals surface area contributed by atoms with Crippen LogP contribution in [0.5, 0.6) is 0 Å². The van der Waals surface area contributed by atoms with Crippen LogP contribution < -0.4 is 5.32 Å². The first-order valence-electron chi connectivity index (χ1n) is 8.20. The standard InChI is InChI=1S/C18H19ClN2O3/c19-16-8-15(4-3-13(16)9-20)21-17(22)10-24-18(23)7-14-6-11-1-2-12(14)5-11/h3-4,8,11-12,14H,1-2,5-7,10H2,(H,21,22)/t11-,12+,14+/m0/s1. The first-order valence-corrected chi connectivity index (χ1v) is 8.58. The molecule has 5 nitrogen and oxygen atoms in total. The largest absolute Gasteiger partial charge is 0.456 e. The van der Waals surface area contributed by atoms with E-state index in [4.69, 9.17) is 21.6 Å². The number of carbonyl (C=O) groups is 2. The zero-order valence-corrected chi connectivity index (χ0v) is 14.0. The van der Waals surface area contributed by atoms with Crippen molar-refractivity contribution in [2.45, 2.75) is 32.1 Å². The Bertz CT molecular complexity index is 698. The fraction of sp³-hybridized carbons (Fsp3) is 0.500. The summed E-state index contributed by atoms with van der Waals surface area (Å²) in [5.41, 5.74) is 0.806. The van der Waals surface area contributed by atoms with Gasteiger partial charge in [-0.2, -0.15) is 5.26 Å². The molecule has 0 heterocycles. The Morgan fingerprint density at radius 2 is 2.17 bits per heavy atom. The number of nitrogens with one attached hydrogen (secondary N) is 1. The fourth-order valence-corrected chi connectivity index (χ4v) is 4.15. The first kappa shape index (κ1) is 16.8. The van der Waals surface area contributed by atoms with E-state index in [1.165, 1.54) is 31.4 Å². The minimum atomic E-state index is -0.419. The van der Waals surface area contributed by atoms with Crippen molar-refractivity contribution >= 4 is 29.2 Å². The highest BCUT2D eigenvalue weighted by molar-refractivity contribution is 6.32. The smallest absolute Gasteiger partial charge is 0.306 e. The minimum Gasteiger partial charge on any atom is -0.456 e. The summed E-state index contributed by atoms with van der Waals surface area (Å²) in [6.07, 6.45) is 5.30. The van der Waals surface area contributed by atoms with Crippen molar-refractivity contribution in [1.29, 1.82) is 5.26 Å². The maximum Gasteiger partial charge on any atom is 0.306 e. The van der Waals surface area contributed by atoms with Gasteiger partial charge < -0.3 is 10.1 Å². The van der Waals surface area contributed by atoms with Crippen LogP contribution in [-0.4, -0.2) is 18.5 Å². The van der Waals surface area contributed by atoms with Gasteiger partial charge in [-0.05, 0) is 55.2 Å². The maximum atomic E-state index is 11.9. The zero-order chi connectivity index (χ0) is 17.1. The molecule has 0 unspecified atom stereocenters. The number of rotatable bonds is 5. The van der Waals surface area contributed by atoms with E-state index < -0.39 is 5.91 Å². The molecule has 2 aliphatic rings. The van der Waals surface area contributed by atoms with Gasteiger partial charge in [0.25, 0.3) is 5.91 Å². The summed E-state index contributed by atoms with van der Waals surface area (Å²) in [4.78, 5) is 23.8. The summed E-state index contributed by atoms with van der Waals surface area (Å²) in [5.74, 6) is 1.16. The number of amides is 1. The molecule has 0 aliphatic heterocycles. The highest BCUT2D eigenvalue weighted by Crippen LogP contribution is 2.49. The summed E-state index contributed by atoms with van der Waals surface area (Å²) >= 11 is 5.91. The third-order valence-corrected chi connectivity index (χ3v) is 5.36. The topological polar surface area (TPSA) is 79.2 Å². The van der Waals surface area contributed by atoms with E-state index >= 15 is 0 Å². The Hall–Kier alpha value is -2.06. The lowest BCUT2D eigenvalue weighted by Gasteiger charge is -2.20. The Morgan fingerprint density at radius 1 is 1.33 bits per heavy atom. The van der Waals surface area contributed by atoms with Gasteiger partial charge in [-0.1, -0.05) is 18.0 Å². The number of benzene rings is 1. The number of anilines is 1. The van der Waals surface area contributed by atoms with Crippen LogP contribution in [-0.2, 0) is 14.3 Å². The number of fused-ring (bicyclic) bond motifs is 2. The summed E-state index contributed by atoms with van der Waals surface area (Å²) in [7, 11) is 0. The highest BCUT2D eigenvalue weighted by atomic mass is 35.5. The van der Waals surface area contributed by atoms with E-state index in [2.05, 4.69) is 5.32 Å². The summed E-state index contributed by atoms with van der Waals surface area (Å²) in [5, 5.41) is 11.7. The van der Waals surface area contributed by atoms with Crippen molar-refractivity contribution in [3.63, 3.8) is 0 Å². The van der Waals surface area contributed by atoms with Crippen LogP contribution in [0.3, 0.4) is 0 Å². The van der Waals surface area contributed by atoms with Gasteiger partial charge in [0.1, 0.15) is 6.07 Å². The predicted molar refractivity (Wildman–Crippen MR) is 89.3 cm³/mol. The third-order valence-electron chi connectivity index (χ3n) is 5.05. The SMILES string of the molecule is N#Cc1ccc(NC(=O)COC(=O)C[C@H]2C[C@H]3CC[C@@H]2C3)cc1Cl. The van der Waals surface area contributed by atoms with Gasteiger partial charge in [-0.3, -0.25) is 9.59 Å². The molecule has 2 fully saturated rings. The molecule has 126 valence electrons. The molecule has 24 heavy (non-hydrogen) atoms. The Labute approximate surface area is 145 Å². The quantitative estimate of drug-likeness (QED) is 0.827. The molecule has 1 aromatic rings. The fourth-order valence-electron chi connectivity index (χ4n) is 3.93. The number of nitriles is 1. The lowest BCUT2D eigenvalue weighted by Crippen LogP contribution is -2.23. The maximum absolute atomic E-state index is 11.9. The van der Waals surface area contributed by atoms with Gasteiger partial charge in [0, 0.05) is 12.1 Å². The van der Waals surface area contributed by atoms with E-state index in [-0.39, 0.29) is 17.6 Å². The number of carbonyl (C=O) groups excluding carboxylic acids is 2. The second kappa shape index (κ2) is 7.23. The van der Waals surface area contributed by atoms with Crippen LogP contribution in [0.4, 0.5) is 5.69 Å². The highest BCUT2D eigenvalue weighted by Gasteiger charge is 2.40. The van der Waals surface area contributed by atoms with Crippen LogP contribution >= 0.6 is 11.6 Å². The average Bonchev–Trinajstić information content (AvgIpc) is 3.16. The summed E-state index contributed by atoms with van der Waals surface area (Å²) < 4.78 is 5.08. The number of ether oxygens (including phenoxy) is 1. The average molecular weight is 347 g/mol. The molecule has 2 aliphatic carbocycles. The number of hydrogen-bond acceptors (Lipinski definition) is 4. The second-order valence-corrected chi connectivity index (χ2v) is 7.06. The van der Waals surface area contributed by atoms with Gasteiger partial charge in [-0.15, -0.1) is 0 Å². The van der Waals surface area contributed by atoms with Crippen molar-refractivity contribution in [2.24, 2.45) is 17.8 Å². The third kappa shape index (κ3) is 3.88. The second-order valence-electron chi connectivity index (χ2n) is 6.65.